The van der Waals surface area contributed by atoms with E-state index in [0.717, 1.165) is 45.2 Å². The van der Waals surface area contributed by atoms with Crippen LogP contribution in [0.3, 0.4) is 0 Å². The maximum Gasteiger partial charge on any atom is 0.319 e. The number of carbonyl (C=O) groups excluding carboxylic acids is 1. The number of likely N-dealkylation sites (tertiary alicyclic amines) is 1. The quantitative estimate of drug-likeness (QED) is 0.786. The lowest BCUT2D eigenvalue weighted by Gasteiger charge is -2.41. The molecule has 0 spiro atoms. The first-order valence-electron chi connectivity index (χ1n) is 9.29. The van der Waals surface area contributed by atoms with Gasteiger partial charge in [-0.2, -0.15) is 0 Å². The number of hydrogen-bond donors (Lipinski definition) is 3. The first kappa shape index (κ1) is 18.1. The molecule has 2 amide bonds. The number of carbonyl (C=O) groups is 1. The lowest BCUT2D eigenvalue weighted by atomic mass is 9.89. The Morgan fingerprint density at radius 2 is 1.92 bits per heavy atom. The second kappa shape index (κ2) is 8.15. The van der Waals surface area contributed by atoms with Crippen LogP contribution in [-0.4, -0.2) is 47.3 Å². The van der Waals surface area contributed by atoms with Crippen molar-refractivity contribution in [2.75, 3.05) is 18.4 Å². The summed E-state index contributed by atoms with van der Waals surface area (Å²) in [6.07, 6.45) is 5.75. The highest BCUT2D eigenvalue weighted by atomic mass is 19.1. The van der Waals surface area contributed by atoms with E-state index < -0.39 is 5.82 Å². The Bertz CT molecular complexity index is 582. The number of anilines is 1. The van der Waals surface area contributed by atoms with E-state index in [1.165, 1.54) is 12.5 Å². The van der Waals surface area contributed by atoms with Gasteiger partial charge in [-0.05, 0) is 44.2 Å². The van der Waals surface area contributed by atoms with Gasteiger partial charge >= 0.3 is 6.03 Å². The highest BCUT2D eigenvalue weighted by Gasteiger charge is 2.31. The average molecular weight is 349 g/mol. The van der Waals surface area contributed by atoms with Crippen molar-refractivity contribution in [3.05, 3.63) is 29.6 Å². The largest absolute Gasteiger partial charge is 0.391 e. The van der Waals surface area contributed by atoms with Gasteiger partial charge in [-0.15, -0.1) is 0 Å². The SMILES string of the molecule is Cc1cccc(F)c1NC(=O)NC1CCN([C@H]2CCCC[C@H]2O)CC1. The monoisotopic (exact) mass is 349 g/mol. The van der Waals surface area contributed by atoms with E-state index in [9.17, 15) is 14.3 Å². The summed E-state index contributed by atoms with van der Waals surface area (Å²) in [5.41, 5.74) is 0.944. The molecule has 1 aromatic carbocycles. The van der Waals surface area contributed by atoms with Crippen molar-refractivity contribution in [3.8, 4) is 0 Å². The Kier molecular flexibility index (Phi) is 5.91. The first-order chi connectivity index (χ1) is 12.0. The molecule has 1 aliphatic carbocycles. The standard InChI is InChI=1S/C19H28FN3O2/c1-13-5-4-6-15(20)18(13)22-19(25)21-14-9-11-23(12-10-14)16-7-2-3-8-17(16)24/h4-6,14,16-17,24H,2-3,7-12H2,1H3,(H2,21,22,25)/t16-,17+/m0/s1. The van der Waals surface area contributed by atoms with Crippen LogP contribution in [-0.2, 0) is 0 Å². The second-order valence-corrected chi connectivity index (χ2v) is 7.26. The summed E-state index contributed by atoms with van der Waals surface area (Å²) >= 11 is 0. The lowest BCUT2D eigenvalue weighted by molar-refractivity contribution is 0.00786. The minimum atomic E-state index is -0.420. The molecule has 1 aliphatic heterocycles. The summed E-state index contributed by atoms with van der Waals surface area (Å²) in [5, 5.41) is 15.8. The van der Waals surface area contributed by atoms with Gasteiger partial charge < -0.3 is 15.7 Å². The number of benzene rings is 1. The van der Waals surface area contributed by atoms with E-state index in [1.807, 2.05) is 0 Å². The summed E-state index contributed by atoms with van der Waals surface area (Å²) in [6, 6.07) is 4.74. The van der Waals surface area contributed by atoms with Gasteiger partial charge in [0.1, 0.15) is 5.82 Å². The number of nitrogens with one attached hydrogen (secondary N) is 2. The van der Waals surface area contributed by atoms with Crippen molar-refractivity contribution in [1.29, 1.82) is 0 Å². The van der Waals surface area contributed by atoms with Crippen LogP contribution in [0.4, 0.5) is 14.9 Å². The highest BCUT2D eigenvalue weighted by Crippen LogP contribution is 2.26. The van der Waals surface area contributed by atoms with E-state index in [2.05, 4.69) is 15.5 Å². The second-order valence-electron chi connectivity index (χ2n) is 7.26. The number of piperidine rings is 1. The molecule has 1 saturated heterocycles. The Morgan fingerprint density at radius 3 is 2.60 bits per heavy atom. The molecule has 25 heavy (non-hydrogen) atoms. The number of rotatable bonds is 3. The molecule has 3 N–H and O–H groups in total. The number of aryl methyl sites for hydroxylation is 1. The summed E-state index contributed by atoms with van der Waals surface area (Å²) < 4.78 is 13.8. The van der Waals surface area contributed by atoms with Gasteiger partial charge in [-0.25, -0.2) is 9.18 Å². The number of halogens is 1. The molecule has 1 saturated carbocycles. The van der Waals surface area contributed by atoms with E-state index in [1.54, 1.807) is 19.1 Å². The minimum Gasteiger partial charge on any atom is -0.391 e. The number of urea groups is 1. The number of aliphatic hydroxyl groups excluding tert-OH is 1. The molecule has 2 atom stereocenters. The Hall–Kier alpha value is -1.66. The molecule has 2 aliphatic rings. The van der Waals surface area contributed by atoms with Crippen LogP contribution < -0.4 is 10.6 Å². The molecule has 1 aromatic rings. The maximum absolute atomic E-state index is 13.8. The van der Waals surface area contributed by atoms with Crippen molar-refractivity contribution in [2.45, 2.75) is 63.6 Å². The number of amides is 2. The normalized spacial score (nSPS) is 25.6. The number of nitrogens with zero attached hydrogens (tertiary/aromatic N) is 1. The van der Waals surface area contributed by atoms with Crippen molar-refractivity contribution < 1.29 is 14.3 Å². The smallest absolute Gasteiger partial charge is 0.319 e. The molecule has 0 radical (unpaired) electrons. The third-order valence-corrected chi connectivity index (χ3v) is 5.49. The van der Waals surface area contributed by atoms with E-state index in [-0.39, 0.29) is 29.9 Å². The van der Waals surface area contributed by atoms with Crippen LogP contribution in [0.25, 0.3) is 0 Å². The fraction of sp³-hybridized carbons (Fsp3) is 0.632. The van der Waals surface area contributed by atoms with E-state index in [0.29, 0.717) is 5.56 Å². The summed E-state index contributed by atoms with van der Waals surface area (Å²) in [4.78, 5) is 14.5. The van der Waals surface area contributed by atoms with Crippen molar-refractivity contribution in [2.24, 2.45) is 0 Å². The lowest BCUT2D eigenvalue weighted by Crippen LogP contribution is -2.52. The molecular weight excluding hydrogens is 321 g/mol. The zero-order valence-corrected chi connectivity index (χ0v) is 14.8. The zero-order chi connectivity index (χ0) is 17.8. The van der Waals surface area contributed by atoms with Gasteiger partial charge in [0, 0.05) is 25.2 Å². The van der Waals surface area contributed by atoms with Crippen LogP contribution in [0, 0.1) is 12.7 Å². The summed E-state index contributed by atoms with van der Waals surface area (Å²) in [6.45, 7) is 3.53. The topological polar surface area (TPSA) is 64.6 Å². The van der Waals surface area contributed by atoms with E-state index >= 15 is 0 Å². The van der Waals surface area contributed by atoms with Gasteiger partial charge in [0.2, 0.25) is 0 Å². The van der Waals surface area contributed by atoms with Crippen molar-refractivity contribution in [1.82, 2.24) is 10.2 Å². The molecule has 0 aromatic heterocycles. The Balaban J connectivity index is 1.48. The van der Waals surface area contributed by atoms with Gasteiger partial charge in [-0.3, -0.25) is 4.90 Å². The predicted molar refractivity (Wildman–Crippen MR) is 96.1 cm³/mol. The minimum absolute atomic E-state index is 0.0871. The van der Waals surface area contributed by atoms with Gasteiger partial charge in [-0.1, -0.05) is 25.0 Å². The van der Waals surface area contributed by atoms with E-state index in [4.69, 9.17) is 0 Å². The molecule has 6 heteroatoms. The average Bonchev–Trinajstić information content (AvgIpc) is 2.60. The first-order valence-corrected chi connectivity index (χ1v) is 9.29. The Morgan fingerprint density at radius 1 is 1.20 bits per heavy atom. The Labute approximate surface area is 148 Å². The third kappa shape index (κ3) is 4.50. The van der Waals surface area contributed by atoms with Gasteiger partial charge in [0.15, 0.2) is 0 Å². The van der Waals surface area contributed by atoms with Crippen LogP contribution in [0.1, 0.15) is 44.1 Å². The third-order valence-electron chi connectivity index (χ3n) is 5.49. The van der Waals surface area contributed by atoms with Crippen molar-refractivity contribution >= 4 is 11.7 Å². The summed E-state index contributed by atoms with van der Waals surface area (Å²) in [5.74, 6) is -0.420. The molecular formula is C19H28FN3O2. The van der Waals surface area contributed by atoms with Crippen molar-refractivity contribution in [3.63, 3.8) is 0 Å². The highest BCUT2D eigenvalue weighted by molar-refractivity contribution is 5.90. The molecule has 0 bridgehead atoms. The van der Waals surface area contributed by atoms with Gasteiger partial charge in [0.25, 0.3) is 0 Å². The fourth-order valence-electron chi connectivity index (χ4n) is 4.02. The molecule has 3 rings (SSSR count). The molecule has 1 heterocycles. The molecule has 0 unspecified atom stereocenters. The molecule has 138 valence electrons. The van der Waals surface area contributed by atoms with Crippen LogP contribution in [0.15, 0.2) is 18.2 Å². The van der Waals surface area contributed by atoms with Crippen LogP contribution >= 0.6 is 0 Å². The van der Waals surface area contributed by atoms with Gasteiger partial charge in [0.05, 0.1) is 11.8 Å². The number of hydrogen-bond acceptors (Lipinski definition) is 3. The fourth-order valence-corrected chi connectivity index (χ4v) is 4.02. The molecule has 5 nitrogen and oxygen atoms in total. The number of aliphatic hydroxyl groups is 1. The zero-order valence-electron chi connectivity index (χ0n) is 14.8. The maximum atomic E-state index is 13.8. The van der Waals surface area contributed by atoms with Crippen LogP contribution in [0.2, 0.25) is 0 Å². The number of para-hydroxylation sites is 1. The molecule has 2 fully saturated rings. The summed E-state index contributed by atoms with van der Waals surface area (Å²) in [7, 11) is 0. The van der Waals surface area contributed by atoms with Crippen LogP contribution in [0.5, 0.6) is 0 Å². The predicted octanol–water partition coefficient (Wildman–Crippen LogP) is 3.02.